The molecule has 5 heteroatoms. The van der Waals surface area contributed by atoms with Crippen molar-refractivity contribution in [3.63, 3.8) is 0 Å². The number of benzene rings is 1. The molecule has 2 saturated heterocycles. The Morgan fingerprint density at radius 3 is 2.65 bits per heavy atom. The number of carboxylic acid groups (broad SMARTS) is 1. The van der Waals surface area contributed by atoms with Crippen molar-refractivity contribution in [1.82, 2.24) is 4.90 Å². The second kappa shape index (κ2) is 5.62. The smallest absolute Gasteiger partial charge is 0.309 e. The van der Waals surface area contributed by atoms with Crippen LogP contribution in [0.2, 0.25) is 5.02 Å². The number of hydrogen-bond donors (Lipinski definition) is 1. The molecule has 2 fully saturated rings. The molecule has 2 aliphatic heterocycles. The van der Waals surface area contributed by atoms with Gasteiger partial charge in [0.05, 0.1) is 5.92 Å². The summed E-state index contributed by atoms with van der Waals surface area (Å²) < 4.78 is 0. The highest BCUT2D eigenvalue weighted by atomic mass is 35.5. The average molecular weight is 295 g/mol. The summed E-state index contributed by atoms with van der Waals surface area (Å²) in [7, 11) is 0. The number of anilines is 1. The SMILES string of the molecule is O=C(O)C1CN(Cc2c(Cl)cccc2N2CCCC2)C1. The van der Waals surface area contributed by atoms with Crippen LogP contribution in [-0.4, -0.2) is 42.2 Å². The van der Waals surface area contributed by atoms with E-state index in [9.17, 15) is 4.79 Å². The summed E-state index contributed by atoms with van der Waals surface area (Å²) in [5, 5.41) is 9.72. The summed E-state index contributed by atoms with van der Waals surface area (Å²) in [6, 6.07) is 6.04. The van der Waals surface area contributed by atoms with Crippen molar-refractivity contribution >= 4 is 23.3 Å². The third-order valence-electron chi connectivity index (χ3n) is 4.23. The molecule has 0 aromatic heterocycles. The highest BCUT2D eigenvalue weighted by Gasteiger charge is 2.33. The van der Waals surface area contributed by atoms with Crippen LogP contribution in [0.4, 0.5) is 5.69 Å². The number of halogens is 1. The van der Waals surface area contributed by atoms with Crippen LogP contribution < -0.4 is 4.90 Å². The maximum absolute atomic E-state index is 10.9. The molecule has 0 unspecified atom stereocenters. The van der Waals surface area contributed by atoms with E-state index in [1.807, 2.05) is 12.1 Å². The Morgan fingerprint density at radius 1 is 1.30 bits per heavy atom. The van der Waals surface area contributed by atoms with Crippen LogP contribution in [0.3, 0.4) is 0 Å². The highest BCUT2D eigenvalue weighted by molar-refractivity contribution is 6.31. The van der Waals surface area contributed by atoms with Crippen LogP contribution in [0.5, 0.6) is 0 Å². The van der Waals surface area contributed by atoms with Crippen molar-refractivity contribution < 1.29 is 9.90 Å². The second-order valence-electron chi connectivity index (χ2n) is 5.66. The molecule has 0 atom stereocenters. The molecule has 0 bridgehead atoms. The fraction of sp³-hybridized carbons (Fsp3) is 0.533. The number of hydrogen-bond acceptors (Lipinski definition) is 3. The molecule has 1 aromatic carbocycles. The Balaban J connectivity index is 1.73. The van der Waals surface area contributed by atoms with E-state index in [1.54, 1.807) is 0 Å². The van der Waals surface area contributed by atoms with Gasteiger partial charge in [0.2, 0.25) is 0 Å². The molecule has 1 N–H and O–H groups in total. The van der Waals surface area contributed by atoms with E-state index < -0.39 is 5.97 Å². The summed E-state index contributed by atoms with van der Waals surface area (Å²) in [4.78, 5) is 15.4. The number of carboxylic acids is 1. The molecule has 4 nitrogen and oxygen atoms in total. The summed E-state index contributed by atoms with van der Waals surface area (Å²) in [6.45, 7) is 4.17. The van der Waals surface area contributed by atoms with Crippen molar-refractivity contribution in [2.45, 2.75) is 19.4 Å². The van der Waals surface area contributed by atoms with Gasteiger partial charge in [-0.25, -0.2) is 0 Å². The van der Waals surface area contributed by atoms with Crippen LogP contribution in [0.25, 0.3) is 0 Å². The third kappa shape index (κ3) is 2.63. The Kier molecular flexibility index (Phi) is 3.85. The molecule has 20 heavy (non-hydrogen) atoms. The summed E-state index contributed by atoms with van der Waals surface area (Å²) in [5.41, 5.74) is 2.36. The Morgan fingerprint density at radius 2 is 2.00 bits per heavy atom. The zero-order valence-corrected chi connectivity index (χ0v) is 12.1. The van der Waals surface area contributed by atoms with Gasteiger partial charge in [0.25, 0.3) is 0 Å². The zero-order valence-electron chi connectivity index (χ0n) is 11.4. The van der Waals surface area contributed by atoms with E-state index in [0.717, 1.165) is 30.2 Å². The Bertz CT molecular complexity index is 509. The largest absolute Gasteiger partial charge is 0.481 e. The second-order valence-corrected chi connectivity index (χ2v) is 6.07. The molecule has 3 rings (SSSR count). The van der Waals surface area contributed by atoms with Gasteiger partial charge in [0, 0.05) is 49.0 Å². The van der Waals surface area contributed by atoms with Gasteiger partial charge in [-0.2, -0.15) is 0 Å². The first-order valence-electron chi connectivity index (χ1n) is 7.12. The normalized spacial score (nSPS) is 20.1. The van der Waals surface area contributed by atoms with Gasteiger partial charge in [-0.3, -0.25) is 9.69 Å². The first kappa shape index (κ1) is 13.7. The lowest BCUT2D eigenvalue weighted by Gasteiger charge is -2.37. The lowest BCUT2D eigenvalue weighted by Crippen LogP contribution is -2.49. The van der Waals surface area contributed by atoms with Gasteiger partial charge >= 0.3 is 5.97 Å². The number of nitrogens with zero attached hydrogens (tertiary/aromatic N) is 2. The van der Waals surface area contributed by atoms with Crippen molar-refractivity contribution in [3.8, 4) is 0 Å². The van der Waals surface area contributed by atoms with E-state index in [2.05, 4.69) is 15.9 Å². The standard InChI is InChI=1S/C15H19ClN2O2/c16-13-4-3-5-14(18-6-1-2-7-18)12(13)10-17-8-11(9-17)15(19)20/h3-5,11H,1-2,6-10H2,(H,19,20). The van der Waals surface area contributed by atoms with E-state index >= 15 is 0 Å². The summed E-state index contributed by atoms with van der Waals surface area (Å²) in [5.74, 6) is -0.909. The molecule has 0 aliphatic carbocycles. The fourth-order valence-electron chi connectivity index (χ4n) is 3.04. The molecule has 1 aromatic rings. The molecule has 108 valence electrons. The minimum absolute atomic E-state index is 0.215. The lowest BCUT2D eigenvalue weighted by molar-refractivity contribution is -0.147. The van der Waals surface area contributed by atoms with Gasteiger partial charge in [0.1, 0.15) is 0 Å². The average Bonchev–Trinajstić information content (AvgIpc) is 2.87. The minimum atomic E-state index is -0.694. The van der Waals surface area contributed by atoms with Gasteiger partial charge in [-0.05, 0) is 25.0 Å². The summed E-state index contributed by atoms with van der Waals surface area (Å²) >= 11 is 6.36. The van der Waals surface area contributed by atoms with Crippen LogP contribution in [-0.2, 0) is 11.3 Å². The topological polar surface area (TPSA) is 43.8 Å². The molecule has 2 aliphatic rings. The quantitative estimate of drug-likeness (QED) is 0.926. The third-order valence-corrected chi connectivity index (χ3v) is 4.58. The van der Waals surface area contributed by atoms with Crippen molar-refractivity contribution in [2.24, 2.45) is 5.92 Å². The lowest BCUT2D eigenvalue weighted by atomic mass is 9.99. The van der Waals surface area contributed by atoms with Crippen LogP contribution in [0.1, 0.15) is 18.4 Å². The molecule has 0 saturated carbocycles. The predicted octanol–water partition coefficient (Wildman–Crippen LogP) is 2.46. The maximum Gasteiger partial charge on any atom is 0.309 e. The maximum atomic E-state index is 10.9. The van der Waals surface area contributed by atoms with Crippen molar-refractivity contribution in [3.05, 3.63) is 28.8 Å². The van der Waals surface area contributed by atoms with Crippen LogP contribution >= 0.6 is 11.6 Å². The molecule has 0 amide bonds. The van der Waals surface area contributed by atoms with Crippen molar-refractivity contribution in [2.75, 3.05) is 31.1 Å². The monoisotopic (exact) mass is 294 g/mol. The predicted molar refractivity (Wildman–Crippen MR) is 79.3 cm³/mol. The zero-order chi connectivity index (χ0) is 14.1. The van der Waals surface area contributed by atoms with Gasteiger partial charge < -0.3 is 10.0 Å². The molecule has 0 radical (unpaired) electrons. The number of aliphatic carboxylic acids is 1. The van der Waals surface area contributed by atoms with Crippen molar-refractivity contribution in [1.29, 1.82) is 0 Å². The Labute approximate surface area is 123 Å². The van der Waals surface area contributed by atoms with E-state index in [1.165, 1.54) is 18.5 Å². The number of likely N-dealkylation sites (tertiary alicyclic amines) is 1. The first-order chi connectivity index (χ1) is 9.65. The first-order valence-corrected chi connectivity index (χ1v) is 7.50. The van der Waals surface area contributed by atoms with Gasteiger partial charge in [-0.15, -0.1) is 0 Å². The fourth-order valence-corrected chi connectivity index (χ4v) is 3.27. The van der Waals surface area contributed by atoms with E-state index in [0.29, 0.717) is 13.1 Å². The van der Waals surface area contributed by atoms with Gasteiger partial charge in [0.15, 0.2) is 0 Å². The molecule has 0 spiro atoms. The van der Waals surface area contributed by atoms with Gasteiger partial charge in [-0.1, -0.05) is 17.7 Å². The molecular weight excluding hydrogens is 276 g/mol. The summed E-state index contributed by atoms with van der Waals surface area (Å²) in [6.07, 6.45) is 2.47. The molecular formula is C15H19ClN2O2. The van der Waals surface area contributed by atoms with E-state index in [-0.39, 0.29) is 5.92 Å². The number of carbonyl (C=O) groups is 1. The molecule has 2 heterocycles. The Hall–Kier alpha value is -1.26. The van der Waals surface area contributed by atoms with Crippen LogP contribution in [0.15, 0.2) is 18.2 Å². The highest BCUT2D eigenvalue weighted by Crippen LogP contribution is 2.32. The van der Waals surface area contributed by atoms with Crippen LogP contribution in [0, 0.1) is 5.92 Å². The van der Waals surface area contributed by atoms with E-state index in [4.69, 9.17) is 16.7 Å². The number of rotatable bonds is 4. The minimum Gasteiger partial charge on any atom is -0.481 e.